The van der Waals surface area contributed by atoms with Crippen LogP contribution < -0.4 is 0 Å². The summed E-state index contributed by atoms with van der Waals surface area (Å²) in [7, 11) is 0. The predicted molar refractivity (Wildman–Crippen MR) is 200 cm³/mol. The molecule has 7 rings (SSSR count). The second-order valence-corrected chi connectivity index (χ2v) is 20.8. The largest absolute Gasteiger partial charge is 0.396 e. The van der Waals surface area contributed by atoms with E-state index in [9.17, 15) is 51.1 Å². The van der Waals surface area contributed by atoms with E-state index in [0.29, 0.717) is 19.3 Å². The van der Waals surface area contributed by atoms with E-state index in [1.807, 2.05) is 6.92 Å². The van der Waals surface area contributed by atoms with Crippen LogP contribution in [0.3, 0.4) is 0 Å². The molecule has 14 nitrogen and oxygen atoms in total. The van der Waals surface area contributed by atoms with Crippen molar-refractivity contribution < 1.29 is 70.0 Å². The molecule has 322 valence electrons. The molecular weight excluding hydrogens is 728 g/mol. The summed E-state index contributed by atoms with van der Waals surface area (Å²) in [4.78, 5) is 0. The van der Waals surface area contributed by atoms with Gasteiger partial charge in [-0.15, -0.1) is 0 Å². The van der Waals surface area contributed by atoms with Crippen molar-refractivity contribution in [3.05, 3.63) is 11.6 Å². The average molecular weight is 799 g/mol. The van der Waals surface area contributed by atoms with Gasteiger partial charge in [0.05, 0.1) is 44.2 Å². The highest BCUT2D eigenvalue weighted by molar-refractivity contribution is 5.37. The zero-order valence-electron chi connectivity index (χ0n) is 34.2. The molecule has 14 heteroatoms. The highest BCUT2D eigenvalue weighted by Gasteiger charge is 2.72. The van der Waals surface area contributed by atoms with Crippen LogP contribution in [0.15, 0.2) is 11.6 Å². The monoisotopic (exact) mass is 798 g/mol. The lowest BCUT2D eigenvalue weighted by atomic mass is 9.33. The van der Waals surface area contributed by atoms with Gasteiger partial charge in [0.25, 0.3) is 0 Å². The summed E-state index contributed by atoms with van der Waals surface area (Å²) in [5.74, 6) is -0.373. The first-order valence-electron chi connectivity index (χ1n) is 21.0. The summed E-state index contributed by atoms with van der Waals surface area (Å²) in [6.07, 6.45) is -9.02. The van der Waals surface area contributed by atoms with Crippen molar-refractivity contribution in [2.45, 2.75) is 180 Å². The Morgan fingerprint density at radius 2 is 1.39 bits per heavy atom. The third-order valence-corrected chi connectivity index (χ3v) is 17.4. The van der Waals surface area contributed by atoms with Crippen molar-refractivity contribution in [2.75, 3.05) is 19.8 Å². The second kappa shape index (κ2) is 14.7. The Labute approximate surface area is 330 Å². The normalized spacial score (nSPS) is 56.9. The Balaban J connectivity index is 1.15. The SMILES string of the molecule is C[C@H]1O[C@@H](O[C@H]2CC[C@@]3(C)[C@@H](CC[C@]4(C)[C@@H]3[C@H](O)C=C3[C@H]5CC(C)(C)CC[C@]5(CO)[C@H](O)C[C@]34C)[C@]2(C)CO)[C@H](O)[C@@H](O[C@@H]2O[C@H](CO)[C@@H](O)[C@H](O)[C@H]2O)[C@H]1O. The molecule has 0 radical (unpaired) electrons. The summed E-state index contributed by atoms with van der Waals surface area (Å²) in [5, 5.41) is 110. The first-order valence-corrected chi connectivity index (χ1v) is 21.0. The minimum Gasteiger partial charge on any atom is -0.396 e. The number of allylic oxidation sites excluding steroid dienone is 1. The molecular formula is C42H70O14. The number of aliphatic hydroxyl groups excluding tert-OH is 10. The van der Waals surface area contributed by atoms with Crippen molar-refractivity contribution >= 4 is 0 Å². The molecule has 56 heavy (non-hydrogen) atoms. The van der Waals surface area contributed by atoms with Crippen molar-refractivity contribution in [3.8, 4) is 0 Å². The van der Waals surface area contributed by atoms with Crippen molar-refractivity contribution in [1.29, 1.82) is 0 Å². The molecule has 5 aliphatic carbocycles. The van der Waals surface area contributed by atoms with Gasteiger partial charge in [0.15, 0.2) is 12.6 Å². The van der Waals surface area contributed by atoms with E-state index in [1.54, 1.807) is 6.92 Å². The molecule has 0 aromatic carbocycles. The fraction of sp³-hybridized carbons (Fsp3) is 0.952. The highest BCUT2D eigenvalue weighted by atomic mass is 16.7. The summed E-state index contributed by atoms with van der Waals surface area (Å²) < 4.78 is 24.0. The fourth-order valence-corrected chi connectivity index (χ4v) is 13.8. The standard InChI is InChI=1S/C42H70O14/c1-20-28(48)33(56-35-31(51)30(50)29(49)24(17-43)54-35)32(52)36(53-20)55-27-9-10-38(4)25(39(27,5)18-44)8-11-40(6)34(38)23(46)14-21-22-15-37(2,3)12-13-42(22,19-45)26(47)16-41(21,40)7/h14,20,22-36,43-52H,8-13,15-19H2,1-7H3/t20-,22-,23-,24-,25-,26-,27+,28+,29-,30+,31-,32-,33+,34-,35+,36+,38+,39+,40-,41-,42-/m1/s1. The van der Waals surface area contributed by atoms with E-state index in [1.165, 1.54) is 5.57 Å². The van der Waals surface area contributed by atoms with Crippen LogP contribution in [0, 0.1) is 50.2 Å². The number of hydrogen-bond acceptors (Lipinski definition) is 14. The lowest BCUT2D eigenvalue weighted by molar-refractivity contribution is -0.368. The van der Waals surface area contributed by atoms with Crippen molar-refractivity contribution in [3.63, 3.8) is 0 Å². The van der Waals surface area contributed by atoms with Gasteiger partial charge in [-0.25, -0.2) is 0 Å². The minimum atomic E-state index is -1.75. The Morgan fingerprint density at radius 1 is 0.714 bits per heavy atom. The predicted octanol–water partition coefficient (Wildman–Crippen LogP) is 0.731. The summed E-state index contributed by atoms with van der Waals surface area (Å²) in [6, 6.07) is 0. The molecule has 2 heterocycles. The fourth-order valence-electron chi connectivity index (χ4n) is 13.8. The van der Waals surface area contributed by atoms with E-state index >= 15 is 0 Å². The number of fused-ring (bicyclic) bond motifs is 7. The van der Waals surface area contributed by atoms with E-state index in [0.717, 1.165) is 32.1 Å². The van der Waals surface area contributed by atoms with Gasteiger partial charge in [-0.2, -0.15) is 0 Å². The van der Waals surface area contributed by atoms with Crippen LogP contribution >= 0.6 is 0 Å². The van der Waals surface area contributed by atoms with Gasteiger partial charge in [0.1, 0.15) is 42.7 Å². The van der Waals surface area contributed by atoms with Crippen molar-refractivity contribution in [2.24, 2.45) is 50.2 Å². The van der Waals surface area contributed by atoms with Gasteiger partial charge in [0, 0.05) is 16.7 Å². The Morgan fingerprint density at radius 3 is 2.04 bits per heavy atom. The molecule has 0 aromatic heterocycles. The Bertz CT molecular complexity index is 1480. The molecule has 2 aliphatic heterocycles. The zero-order chi connectivity index (χ0) is 41.1. The van der Waals surface area contributed by atoms with Crippen LogP contribution in [0.2, 0.25) is 0 Å². The van der Waals surface area contributed by atoms with Gasteiger partial charge in [0.2, 0.25) is 0 Å². The lowest BCUT2D eigenvalue weighted by Gasteiger charge is -2.72. The maximum absolute atomic E-state index is 12.4. The topological polar surface area (TPSA) is 239 Å². The molecule has 0 unspecified atom stereocenters. The van der Waals surface area contributed by atoms with Gasteiger partial charge in [-0.3, -0.25) is 0 Å². The zero-order valence-corrected chi connectivity index (χ0v) is 34.2. The number of ether oxygens (including phenoxy) is 4. The minimum absolute atomic E-state index is 0.0351. The molecule has 10 N–H and O–H groups in total. The van der Waals surface area contributed by atoms with Crippen LogP contribution in [0.25, 0.3) is 0 Å². The Kier molecular flexibility index (Phi) is 11.3. The molecule has 4 saturated carbocycles. The molecule has 7 aliphatic rings. The average Bonchev–Trinajstić information content (AvgIpc) is 3.14. The summed E-state index contributed by atoms with van der Waals surface area (Å²) >= 11 is 0. The van der Waals surface area contributed by atoms with Crippen LogP contribution in [-0.2, 0) is 18.9 Å². The van der Waals surface area contributed by atoms with Crippen LogP contribution in [0.4, 0.5) is 0 Å². The third-order valence-electron chi connectivity index (χ3n) is 17.4. The maximum Gasteiger partial charge on any atom is 0.187 e. The smallest absolute Gasteiger partial charge is 0.187 e. The number of hydrogen-bond donors (Lipinski definition) is 10. The quantitative estimate of drug-likeness (QED) is 0.126. The Hall–Kier alpha value is -0.820. The molecule has 2 saturated heterocycles. The molecule has 0 spiro atoms. The summed E-state index contributed by atoms with van der Waals surface area (Å²) in [6.45, 7) is 13.9. The van der Waals surface area contributed by atoms with Crippen LogP contribution in [-0.4, -0.2) is 151 Å². The lowest BCUT2D eigenvalue weighted by Crippen LogP contribution is -2.70. The maximum atomic E-state index is 12.4. The first-order chi connectivity index (χ1) is 26.1. The van der Waals surface area contributed by atoms with Gasteiger partial charge < -0.3 is 70.0 Å². The second-order valence-electron chi connectivity index (χ2n) is 20.8. The van der Waals surface area contributed by atoms with Crippen molar-refractivity contribution in [1.82, 2.24) is 0 Å². The molecule has 0 amide bonds. The van der Waals surface area contributed by atoms with Gasteiger partial charge in [-0.1, -0.05) is 53.2 Å². The molecule has 6 fully saturated rings. The van der Waals surface area contributed by atoms with Crippen LogP contribution in [0.5, 0.6) is 0 Å². The first kappa shape index (κ1) is 43.3. The third kappa shape index (κ3) is 6.17. The molecule has 21 atom stereocenters. The highest BCUT2D eigenvalue weighted by Crippen LogP contribution is 2.76. The van der Waals surface area contributed by atoms with Crippen LogP contribution in [0.1, 0.15) is 99.8 Å². The van der Waals surface area contributed by atoms with Gasteiger partial charge >= 0.3 is 0 Å². The van der Waals surface area contributed by atoms with E-state index in [4.69, 9.17) is 18.9 Å². The van der Waals surface area contributed by atoms with E-state index in [2.05, 4.69) is 40.7 Å². The summed E-state index contributed by atoms with van der Waals surface area (Å²) in [5.41, 5.74) is -1.56. The number of rotatable bonds is 7. The van der Waals surface area contributed by atoms with E-state index in [-0.39, 0.29) is 36.4 Å². The molecule has 0 aromatic rings. The van der Waals surface area contributed by atoms with Gasteiger partial charge in [-0.05, 0) is 91.8 Å². The van der Waals surface area contributed by atoms with E-state index < -0.39 is 113 Å². The number of aliphatic hydroxyl groups is 10. The molecule has 0 bridgehead atoms.